The summed E-state index contributed by atoms with van der Waals surface area (Å²) in [6.07, 6.45) is 1.51. The first-order valence-corrected chi connectivity index (χ1v) is 11.1. The van der Waals surface area contributed by atoms with Gasteiger partial charge in [-0.05, 0) is 65.2 Å². The Kier molecular flexibility index (Phi) is 7.32. The SMILES string of the molecule is COc1ccc(C(O)C(Oc2ccc(/C=C/c3cc(O)cc(O)c3)cc2)c2cc(O)cc(O)c2)cc1. The van der Waals surface area contributed by atoms with Crippen molar-refractivity contribution >= 4 is 12.2 Å². The van der Waals surface area contributed by atoms with Crippen LogP contribution in [0.1, 0.15) is 34.5 Å². The quantitative estimate of drug-likeness (QED) is 0.207. The molecule has 2 unspecified atom stereocenters. The molecule has 0 bridgehead atoms. The molecule has 0 aliphatic rings. The fourth-order valence-corrected chi connectivity index (χ4v) is 3.78. The monoisotopic (exact) mass is 486 g/mol. The zero-order valence-corrected chi connectivity index (χ0v) is 19.4. The average Bonchev–Trinajstić information content (AvgIpc) is 2.85. The number of rotatable bonds is 8. The summed E-state index contributed by atoms with van der Waals surface area (Å²) in [6, 6.07) is 22.4. The predicted octanol–water partition coefficient (Wildman–Crippen LogP) is 5.54. The number of aliphatic hydroxyl groups excluding tert-OH is 1. The fourth-order valence-electron chi connectivity index (χ4n) is 3.78. The zero-order valence-electron chi connectivity index (χ0n) is 19.4. The standard InChI is InChI=1S/C29H26O7/c1-35-26-10-6-20(7-11-26)28(34)29(21-14-24(32)17-25(33)15-21)36-27-8-4-18(5-9-27)2-3-19-12-22(30)16-23(31)13-19/h2-17,28-34H,1H3/b3-2+. The molecule has 4 rings (SSSR count). The third kappa shape index (κ3) is 6.08. The van der Waals surface area contributed by atoms with Crippen LogP contribution < -0.4 is 9.47 Å². The van der Waals surface area contributed by atoms with E-state index in [4.69, 9.17) is 9.47 Å². The molecule has 0 fully saturated rings. The Bertz CT molecular complexity index is 1300. The molecule has 5 N–H and O–H groups in total. The highest BCUT2D eigenvalue weighted by Crippen LogP contribution is 2.37. The molecule has 0 heterocycles. The number of methoxy groups -OCH3 is 1. The molecule has 0 saturated carbocycles. The summed E-state index contributed by atoms with van der Waals surface area (Å²) in [5, 5.41) is 50.4. The molecule has 0 amide bonds. The molecule has 4 aromatic carbocycles. The van der Waals surface area contributed by atoms with E-state index in [2.05, 4.69) is 0 Å². The number of aromatic hydroxyl groups is 4. The second kappa shape index (κ2) is 10.8. The van der Waals surface area contributed by atoms with Gasteiger partial charge in [0.1, 0.15) is 40.6 Å². The molecule has 36 heavy (non-hydrogen) atoms. The number of benzene rings is 4. The number of phenols is 4. The Morgan fingerprint density at radius 1 is 0.583 bits per heavy atom. The molecule has 0 aliphatic heterocycles. The van der Waals surface area contributed by atoms with Crippen molar-refractivity contribution in [2.24, 2.45) is 0 Å². The van der Waals surface area contributed by atoms with E-state index < -0.39 is 12.2 Å². The van der Waals surface area contributed by atoms with Gasteiger partial charge in [0.15, 0.2) is 6.10 Å². The summed E-state index contributed by atoms with van der Waals surface area (Å²) < 4.78 is 11.3. The van der Waals surface area contributed by atoms with Gasteiger partial charge in [0.2, 0.25) is 0 Å². The van der Waals surface area contributed by atoms with Crippen LogP contribution in [0.5, 0.6) is 34.5 Å². The Morgan fingerprint density at radius 2 is 1.08 bits per heavy atom. The van der Waals surface area contributed by atoms with Gasteiger partial charge in [0.25, 0.3) is 0 Å². The molecule has 0 radical (unpaired) electrons. The van der Waals surface area contributed by atoms with Crippen molar-refractivity contribution in [3.05, 3.63) is 107 Å². The third-order valence-corrected chi connectivity index (χ3v) is 5.53. The molecular formula is C29H26O7. The van der Waals surface area contributed by atoms with E-state index in [1.54, 1.807) is 49.6 Å². The predicted molar refractivity (Wildman–Crippen MR) is 136 cm³/mol. The summed E-state index contributed by atoms with van der Waals surface area (Å²) in [5.74, 6) is 0.735. The highest BCUT2D eigenvalue weighted by Gasteiger charge is 2.26. The van der Waals surface area contributed by atoms with Crippen molar-refractivity contribution in [1.82, 2.24) is 0 Å². The fraction of sp³-hybridized carbons (Fsp3) is 0.103. The normalized spacial score (nSPS) is 12.8. The first-order valence-electron chi connectivity index (χ1n) is 11.1. The lowest BCUT2D eigenvalue weighted by molar-refractivity contribution is 0.0341. The van der Waals surface area contributed by atoms with E-state index in [9.17, 15) is 25.5 Å². The van der Waals surface area contributed by atoms with Crippen LogP contribution in [0.15, 0.2) is 84.9 Å². The molecule has 0 aliphatic carbocycles. The van der Waals surface area contributed by atoms with E-state index >= 15 is 0 Å². The third-order valence-electron chi connectivity index (χ3n) is 5.53. The van der Waals surface area contributed by atoms with Gasteiger partial charge >= 0.3 is 0 Å². The molecule has 7 nitrogen and oxygen atoms in total. The molecule has 0 aromatic heterocycles. The minimum Gasteiger partial charge on any atom is -0.508 e. The van der Waals surface area contributed by atoms with Gasteiger partial charge in [0.05, 0.1) is 7.11 Å². The molecule has 184 valence electrons. The summed E-state index contributed by atoms with van der Waals surface area (Å²) in [4.78, 5) is 0. The first-order chi connectivity index (χ1) is 17.3. The maximum Gasteiger partial charge on any atom is 0.154 e. The molecule has 4 aromatic rings. The number of ether oxygens (including phenoxy) is 2. The lowest BCUT2D eigenvalue weighted by atomic mass is 9.97. The lowest BCUT2D eigenvalue weighted by Gasteiger charge is -2.25. The largest absolute Gasteiger partial charge is 0.508 e. The van der Waals surface area contributed by atoms with Crippen LogP contribution in [0, 0.1) is 0 Å². The Labute approximate surface area is 208 Å². The summed E-state index contributed by atoms with van der Waals surface area (Å²) in [5.41, 5.74) is 2.44. The highest BCUT2D eigenvalue weighted by atomic mass is 16.5. The molecular weight excluding hydrogens is 460 g/mol. The van der Waals surface area contributed by atoms with Crippen LogP contribution in [0.2, 0.25) is 0 Å². The summed E-state index contributed by atoms with van der Waals surface area (Å²) in [7, 11) is 1.55. The molecule has 0 saturated heterocycles. The summed E-state index contributed by atoms with van der Waals surface area (Å²) >= 11 is 0. The van der Waals surface area contributed by atoms with Crippen molar-refractivity contribution in [2.75, 3.05) is 7.11 Å². The number of phenolic OH excluding ortho intramolecular Hbond substituents is 4. The van der Waals surface area contributed by atoms with Gasteiger partial charge in [-0.25, -0.2) is 0 Å². The van der Waals surface area contributed by atoms with Crippen LogP contribution in [0.25, 0.3) is 12.2 Å². The Hall–Kier alpha value is -4.62. The highest BCUT2D eigenvalue weighted by molar-refractivity contribution is 5.71. The minimum atomic E-state index is -1.12. The number of aliphatic hydroxyl groups is 1. The van der Waals surface area contributed by atoms with E-state index in [1.165, 1.54) is 36.4 Å². The van der Waals surface area contributed by atoms with Gasteiger partial charge in [-0.2, -0.15) is 0 Å². The number of hydrogen-bond acceptors (Lipinski definition) is 7. The van der Waals surface area contributed by atoms with Crippen LogP contribution >= 0.6 is 0 Å². The molecule has 0 spiro atoms. The van der Waals surface area contributed by atoms with Crippen LogP contribution in [-0.4, -0.2) is 32.6 Å². The molecule has 7 heteroatoms. The second-order valence-corrected chi connectivity index (χ2v) is 8.22. The van der Waals surface area contributed by atoms with Crippen LogP contribution in [0.4, 0.5) is 0 Å². The van der Waals surface area contributed by atoms with Gasteiger partial charge in [-0.1, -0.05) is 36.4 Å². The van der Waals surface area contributed by atoms with Crippen molar-refractivity contribution in [3.63, 3.8) is 0 Å². The minimum absolute atomic E-state index is 0.0298. The second-order valence-electron chi connectivity index (χ2n) is 8.22. The van der Waals surface area contributed by atoms with Crippen molar-refractivity contribution in [3.8, 4) is 34.5 Å². The topological polar surface area (TPSA) is 120 Å². The van der Waals surface area contributed by atoms with Gasteiger partial charge < -0.3 is 35.0 Å². The summed E-state index contributed by atoms with van der Waals surface area (Å²) in [6.45, 7) is 0. The van der Waals surface area contributed by atoms with Crippen LogP contribution in [-0.2, 0) is 0 Å². The maximum atomic E-state index is 11.2. The van der Waals surface area contributed by atoms with Crippen LogP contribution in [0.3, 0.4) is 0 Å². The van der Waals surface area contributed by atoms with Gasteiger partial charge in [-0.15, -0.1) is 0 Å². The first kappa shape index (κ1) is 24.5. The van der Waals surface area contributed by atoms with E-state index in [1.807, 2.05) is 18.2 Å². The smallest absolute Gasteiger partial charge is 0.154 e. The average molecular weight is 487 g/mol. The zero-order chi connectivity index (χ0) is 25.7. The van der Waals surface area contributed by atoms with E-state index in [-0.39, 0.29) is 23.0 Å². The van der Waals surface area contributed by atoms with Crippen molar-refractivity contribution in [2.45, 2.75) is 12.2 Å². The van der Waals surface area contributed by atoms with Crippen molar-refractivity contribution < 1.29 is 35.0 Å². The van der Waals surface area contributed by atoms with E-state index in [0.717, 1.165) is 5.56 Å². The van der Waals surface area contributed by atoms with Crippen molar-refractivity contribution in [1.29, 1.82) is 0 Å². The Morgan fingerprint density at radius 3 is 1.64 bits per heavy atom. The molecule has 2 atom stereocenters. The number of hydrogen-bond donors (Lipinski definition) is 5. The van der Waals surface area contributed by atoms with Gasteiger partial charge in [0, 0.05) is 17.7 Å². The Balaban J connectivity index is 1.58. The maximum absolute atomic E-state index is 11.2. The van der Waals surface area contributed by atoms with Gasteiger partial charge in [-0.3, -0.25) is 0 Å². The van der Waals surface area contributed by atoms with E-state index in [0.29, 0.717) is 28.2 Å². The lowest BCUT2D eigenvalue weighted by Crippen LogP contribution is -2.17.